The second-order valence-corrected chi connectivity index (χ2v) is 10.0. The molecule has 2 aromatic rings. The van der Waals surface area contributed by atoms with Crippen LogP contribution in [0.3, 0.4) is 0 Å². The summed E-state index contributed by atoms with van der Waals surface area (Å²) >= 11 is 0. The molecule has 3 aliphatic rings. The predicted molar refractivity (Wildman–Crippen MR) is 130 cm³/mol. The van der Waals surface area contributed by atoms with E-state index in [1.165, 1.54) is 11.8 Å². The standard InChI is InChI=1S/C26H32F2N4O4/c1-17-15-30(25(34)36-22-5-9-26(27,28)10-6-22)24-13-19(3-4-23(24)32(17)18(2)33)20-14-29-31(16-20)21-7-11-35-12-8-21/h3-4,13-14,16-17,21-22H,5-12,15H2,1-2H3/t17-/m0/s1. The van der Waals surface area contributed by atoms with Crippen LogP contribution in [0.25, 0.3) is 11.1 Å². The van der Waals surface area contributed by atoms with Crippen molar-refractivity contribution < 1.29 is 27.8 Å². The molecule has 0 N–H and O–H groups in total. The molecular weight excluding hydrogens is 470 g/mol. The van der Waals surface area contributed by atoms with Gasteiger partial charge in [-0.25, -0.2) is 13.6 Å². The highest BCUT2D eigenvalue weighted by Crippen LogP contribution is 2.40. The van der Waals surface area contributed by atoms with Gasteiger partial charge in [0.1, 0.15) is 6.10 Å². The Morgan fingerprint density at radius 3 is 2.50 bits per heavy atom. The molecule has 1 aromatic carbocycles. The van der Waals surface area contributed by atoms with Crippen LogP contribution in [0.2, 0.25) is 0 Å². The van der Waals surface area contributed by atoms with Crippen molar-refractivity contribution in [1.82, 2.24) is 9.78 Å². The van der Waals surface area contributed by atoms with Crippen molar-refractivity contribution >= 4 is 23.4 Å². The Labute approximate surface area is 209 Å². The average molecular weight is 503 g/mol. The van der Waals surface area contributed by atoms with Gasteiger partial charge >= 0.3 is 6.09 Å². The average Bonchev–Trinajstić information content (AvgIpc) is 3.35. The van der Waals surface area contributed by atoms with Crippen LogP contribution in [0.5, 0.6) is 0 Å². The number of carbonyl (C=O) groups is 2. The fraction of sp³-hybridized carbons (Fsp3) is 0.577. The SMILES string of the molecule is CC(=O)N1c2ccc(-c3cnn(C4CCOCC4)c3)cc2N(C(=O)OC2CCC(F)(F)CC2)C[C@@H]1C. The highest BCUT2D eigenvalue weighted by Gasteiger charge is 2.39. The zero-order valence-corrected chi connectivity index (χ0v) is 20.7. The van der Waals surface area contributed by atoms with Crippen LogP contribution in [-0.4, -0.2) is 59.6 Å². The molecule has 1 atom stereocenters. The van der Waals surface area contributed by atoms with E-state index >= 15 is 0 Å². The van der Waals surface area contributed by atoms with Crippen LogP contribution in [-0.2, 0) is 14.3 Å². The Morgan fingerprint density at radius 2 is 1.81 bits per heavy atom. The van der Waals surface area contributed by atoms with E-state index in [1.54, 1.807) is 11.1 Å². The second kappa shape index (κ2) is 9.80. The Balaban J connectivity index is 1.42. The Bertz CT molecular complexity index is 1120. The summed E-state index contributed by atoms with van der Waals surface area (Å²) in [6.45, 7) is 5.06. The van der Waals surface area contributed by atoms with E-state index in [1.807, 2.05) is 36.0 Å². The Kier molecular flexibility index (Phi) is 6.72. The fourth-order valence-electron chi connectivity index (χ4n) is 5.43. The molecule has 1 aromatic heterocycles. The van der Waals surface area contributed by atoms with Gasteiger partial charge in [-0.2, -0.15) is 5.10 Å². The van der Waals surface area contributed by atoms with Gasteiger partial charge in [-0.1, -0.05) is 6.07 Å². The maximum Gasteiger partial charge on any atom is 0.414 e. The van der Waals surface area contributed by atoms with Gasteiger partial charge in [0.25, 0.3) is 0 Å². The first-order valence-electron chi connectivity index (χ1n) is 12.6. The maximum absolute atomic E-state index is 13.6. The van der Waals surface area contributed by atoms with Gasteiger partial charge in [0.05, 0.1) is 29.7 Å². The Hall–Kier alpha value is -3.01. The zero-order valence-electron chi connectivity index (χ0n) is 20.7. The topological polar surface area (TPSA) is 76.9 Å². The third kappa shape index (κ3) is 4.96. The van der Waals surface area contributed by atoms with Crippen LogP contribution < -0.4 is 9.80 Å². The lowest BCUT2D eigenvalue weighted by Gasteiger charge is -2.41. The molecule has 1 aliphatic carbocycles. The van der Waals surface area contributed by atoms with E-state index < -0.39 is 18.1 Å². The van der Waals surface area contributed by atoms with Gasteiger partial charge in [-0.3, -0.25) is 14.4 Å². The fourth-order valence-corrected chi connectivity index (χ4v) is 5.43. The number of aromatic nitrogens is 2. The first kappa shape index (κ1) is 24.7. The van der Waals surface area contributed by atoms with E-state index in [2.05, 4.69) is 5.10 Å². The summed E-state index contributed by atoms with van der Waals surface area (Å²) in [5.74, 6) is -2.81. The summed E-state index contributed by atoms with van der Waals surface area (Å²) in [7, 11) is 0. The van der Waals surface area contributed by atoms with Crippen LogP contribution in [0.4, 0.5) is 25.0 Å². The maximum atomic E-state index is 13.6. The monoisotopic (exact) mass is 502 g/mol. The number of rotatable bonds is 3. The number of alkyl halides is 2. The van der Waals surface area contributed by atoms with E-state index in [4.69, 9.17) is 9.47 Å². The number of nitrogens with zero attached hydrogens (tertiary/aromatic N) is 4. The number of carbonyl (C=O) groups excluding carboxylic acids is 2. The van der Waals surface area contributed by atoms with Crippen molar-refractivity contribution in [3.8, 4) is 11.1 Å². The summed E-state index contributed by atoms with van der Waals surface area (Å²) in [6, 6.07) is 5.66. The highest BCUT2D eigenvalue weighted by atomic mass is 19.3. The van der Waals surface area contributed by atoms with Gasteiger partial charge in [-0.15, -0.1) is 0 Å². The summed E-state index contributed by atoms with van der Waals surface area (Å²) in [6.07, 6.45) is 4.22. The quantitative estimate of drug-likeness (QED) is 0.578. The van der Waals surface area contributed by atoms with Crippen molar-refractivity contribution in [2.24, 2.45) is 0 Å². The molecule has 2 fully saturated rings. The lowest BCUT2D eigenvalue weighted by molar-refractivity contribution is -0.117. The molecule has 5 rings (SSSR count). The zero-order chi connectivity index (χ0) is 25.4. The molecule has 1 saturated carbocycles. The minimum Gasteiger partial charge on any atom is -0.446 e. The smallest absolute Gasteiger partial charge is 0.414 e. The van der Waals surface area contributed by atoms with Crippen molar-refractivity contribution in [2.45, 2.75) is 76.5 Å². The van der Waals surface area contributed by atoms with Crippen molar-refractivity contribution in [1.29, 1.82) is 0 Å². The number of hydrogen-bond donors (Lipinski definition) is 0. The summed E-state index contributed by atoms with van der Waals surface area (Å²) in [5, 5.41) is 4.56. The number of anilines is 2. The van der Waals surface area contributed by atoms with Crippen molar-refractivity contribution in [3.05, 3.63) is 30.6 Å². The van der Waals surface area contributed by atoms with E-state index in [-0.39, 0.29) is 50.2 Å². The summed E-state index contributed by atoms with van der Waals surface area (Å²) < 4.78 is 40.2. The number of amides is 2. The first-order chi connectivity index (χ1) is 17.2. The van der Waals surface area contributed by atoms with Crippen LogP contribution in [0, 0.1) is 0 Å². The largest absolute Gasteiger partial charge is 0.446 e. The minimum absolute atomic E-state index is 0.119. The van der Waals surface area contributed by atoms with Gasteiger partial charge < -0.3 is 14.4 Å². The number of benzene rings is 1. The lowest BCUT2D eigenvalue weighted by atomic mass is 9.94. The predicted octanol–water partition coefficient (Wildman–Crippen LogP) is 5.18. The second-order valence-electron chi connectivity index (χ2n) is 10.0. The van der Waals surface area contributed by atoms with Gasteiger partial charge in [0.2, 0.25) is 11.8 Å². The summed E-state index contributed by atoms with van der Waals surface area (Å²) in [4.78, 5) is 28.9. The molecule has 0 unspecified atom stereocenters. The molecule has 0 spiro atoms. The molecule has 1 saturated heterocycles. The Morgan fingerprint density at radius 1 is 1.08 bits per heavy atom. The normalized spacial score (nSPS) is 22.8. The third-order valence-corrected chi connectivity index (χ3v) is 7.40. The van der Waals surface area contributed by atoms with Gasteiger partial charge in [-0.05, 0) is 50.3 Å². The minimum atomic E-state index is -2.69. The molecule has 194 valence electrons. The van der Waals surface area contributed by atoms with Crippen LogP contribution in [0.15, 0.2) is 30.6 Å². The van der Waals surface area contributed by atoms with Crippen molar-refractivity contribution in [2.75, 3.05) is 29.6 Å². The van der Waals surface area contributed by atoms with E-state index in [0.29, 0.717) is 24.6 Å². The van der Waals surface area contributed by atoms with E-state index in [0.717, 1.165) is 24.0 Å². The van der Waals surface area contributed by atoms with Gasteiger partial charge in [0.15, 0.2) is 0 Å². The molecule has 10 heteroatoms. The summed E-state index contributed by atoms with van der Waals surface area (Å²) in [5.41, 5.74) is 2.94. The number of hydrogen-bond acceptors (Lipinski definition) is 5. The van der Waals surface area contributed by atoms with Gasteiger partial charge in [0, 0.05) is 51.3 Å². The molecule has 3 heterocycles. The molecular formula is C26H32F2N4O4. The molecule has 8 nitrogen and oxygen atoms in total. The molecule has 0 radical (unpaired) electrons. The molecule has 0 bridgehead atoms. The van der Waals surface area contributed by atoms with Crippen molar-refractivity contribution in [3.63, 3.8) is 0 Å². The number of fused-ring (bicyclic) bond motifs is 1. The first-order valence-corrected chi connectivity index (χ1v) is 12.6. The van der Waals surface area contributed by atoms with E-state index in [9.17, 15) is 18.4 Å². The molecule has 2 amide bonds. The third-order valence-electron chi connectivity index (χ3n) is 7.40. The number of ether oxygens (including phenoxy) is 2. The number of halogens is 2. The van der Waals surface area contributed by atoms with Crippen LogP contribution in [0.1, 0.15) is 58.4 Å². The molecule has 2 aliphatic heterocycles. The lowest BCUT2D eigenvalue weighted by Crippen LogP contribution is -2.52. The molecule has 36 heavy (non-hydrogen) atoms. The van der Waals surface area contributed by atoms with Crippen LogP contribution >= 0.6 is 0 Å². The highest BCUT2D eigenvalue weighted by molar-refractivity contribution is 6.03.